The van der Waals surface area contributed by atoms with Gasteiger partial charge >= 0.3 is 0 Å². The highest BCUT2D eigenvalue weighted by molar-refractivity contribution is 6.09. The van der Waals surface area contributed by atoms with Crippen LogP contribution < -0.4 is 10.6 Å². The number of nitrogens with zero attached hydrogens (tertiary/aromatic N) is 6. The number of aromatic amines is 1. The van der Waals surface area contributed by atoms with Crippen molar-refractivity contribution in [1.29, 1.82) is 0 Å². The van der Waals surface area contributed by atoms with Crippen LogP contribution in [0.4, 0.5) is 16.0 Å². The van der Waals surface area contributed by atoms with E-state index in [1.807, 2.05) is 0 Å². The van der Waals surface area contributed by atoms with Crippen LogP contribution in [-0.2, 0) is 25.0 Å². The molecule has 0 radical (unpaired) electrons. The van der Waals surface area contributed by atoms with E-state index < -0.39 is 23.9 Å². The van der Waals surface area contributed by atoms with Crippen LogP contribution in [-0.4, -0.2) is 42.7 Å². The van der Waals surface area contributed by atoms with E-state index in [-0.39, 0.29) is 23.9 Å². The number of nitrogens with one attached hydrogen (secondary N) is 1. The predicted octanol–water partition coefficient (Wildman–Crippen LogP) is 3.42. The Balaban J connectivity index is 1.54. The van der Waals surface area contributed by atoms with Crippen LogP contribution in [0.5, 0.6) is 0 Å². The van der Waals surface area contributed by atoms with Gasteiger partial charge in [0.25, 0.3) is 11.4 Å². The quantitative estimate of drug-likeness (QED) is 0.337. The number of hydrogen-bond donors (Lipinski definition) is 3. The Bertz CT molecular complexity index is 1580. The third kappa shape index (κ3) is 4.46. The Kier molecular flexibility index (Phi) is 6.34. The topological polar surface area (TPSA) is 138 Å². The van der Waals surface area contributed by atoms with Crippen molar-refractivity contribution in [2.75, 3.05) is 17.2 Å². The molecule has 2 aromatic heterocycles. The molecule has 38 heavy (non-hydrogen) atoms. The second-order valence-corrected chi connectivity index (χ2v) is 9.55. The summed E-state index contributed by atoms with van der Waals surface area (Å²) >= 11 is 0. The standard InChI is InChI=1S/C27H25FN8O2/c1-27(2,30-3)17-10-16-7-8-36(25(38)23(16)20(28)11-17)21-6-4-5-18(19(21)14-37)24-33-22(34-26(29)35-24)9-15-12-31-32-13-15/h4-6,10-13,37H,7-9,14H2,1-2H3,(H,31,32)(H2,29,33,34,35). The number of benzene rings is 2. The van der Waals surface area contributed by atoms with Gasteiger partial charge in [-0.2, -0.15) is 15.1 Å². The second kappa shape index (κ2) is 9.64. The third-order valence-electron chi connectivity index (χ3n) is 6.68. The van der Waals surface area contributed by atoms with Crippen LogP contribution in [0.25, 0.3) is 16.2 Å². The highest BCUT2D eigenvalue weighted by atomic mass is 19.1. The fourth-order valence-corrected chi connectivity index (χ4v) is 4.61. The van der Waals surface area contributed by atoms with Gasteiger partial charge in [-0.15, -0.1) is 0 Å². The van der Waals surface area contributed by atoms with E-state index in [1.54, 1.807) is 50.5 Å². The molecular formula is C27H25FN8O2. The van der Waals surface area contributed by atoms with Gasteiger partial charge in [0, 0.05) is 49.7 Å². The van der Waals surface area contributed by atoms with E-state index in [9.17, 15) is 9.90 Å². The molecule has 0 aliphatic carbocycles. The molecule has 5 rings (SSSR count). The number of carbonyl (C=O) groups is 1. The summed E-state index contributed by atoms with van der Waals surface area (Å²) in [6.45, 7) is 10.7. The van der Waals surface area contributed by atoms with Crippen LogP contribution in [0.15, 0.2) is 42.7 Å². The lowest BCUT2D eigenvalue weighted by molar-refractivity contribution is 0.0976. The average molecular weight is 513 g/mol. The smallest absolute Gasteiger partial charge is 0.261 e. The van der Waals surface area contributed by atoms with Gasteiger partial charge < -0.3 is 20.6 Å². The number of carbonyl (C=O) groups excluding carboxylic acids is 1. The molecule has 0 bridgehead atoms. The van der Waals surface area contributed by atoms with Crippen LogP contribution in [0.2, 0.25) is 0 Å². The maximum absolute atomic E-state index is 15.3. The Morgan fingerprint density at radius 3 is 2.79 bits per heavy atom. The SMILES string of the molecule is [C-]#[N+]C(C)(C)c1cc(F)c2c(c1)CCN(c1cccc(-c3nc(N)nc(Cc4cn[nH]c4)n3)c1CO)C2=O. The molecule has 1 amide bonds. The van der Waals surface area contributed by atoms with Crippen LogP contribution in [0, 0.1) is 12.4 Å². The van der Waals surface area contributed by atoms with Crippen molar-refractivity contribution >= 4 is 17.5 Å². The minimum atomic E-state index is -0.905. The zero-order valence-corrected chi connectivity index (χ0v) is 20.9. The lowest BCUT2D eigenvalue weighted by Crippen LogP contribution is -2.39. The summed E-state index contributed by atoms with van der Waals surface area (Å²) in [5.41, 5.74) is 8.32. The molecule has 1 aliphatic heterocycles. The molecule has 0 spiro atoms. The number of aromatic nitrogens is 5. The molecule has 0 atom stereocenters. The van der Waals surface area contributed by atoms with E-state index in [0.717, 1.165) is 5.56 Å². The Morgan fingerprint density at radius 2 is 2.08 bits per heavy atom. The normalized spacial score (nSPS) is 13.3. The minimum Gasteiger partial charge on any atom is -0.392 e. The average Bonchev–Trinajstić information content (AvgIpc) is 3.40. The van der Waals surface area contributed by atoms with Crippen molar-refractivity contribution in [2.45, 2.75) is 38.8 Å². The lowest BCUT2D eigenvalue weighted by Gasteiger charge is -2.31. The molecule has 0 saturated carbocycles. The van der Waals surface area contributed by atoms with Crippen molar-refractivity contribution < 1.29 is 14.3 Å². The van der Waals surface area contributed by atoms with Gasteiger partial charge in [-0.3, -0.25) is 9.89 Å². The number of halogens is 1. The van der Waals surface area contributed by atoms with Crippen LogP contribution in [0.3, 0.4) is 0 Å². The number of hydrogen-bond acceptors (Lipinski definition) is 7. The Labute approximate surface area is 218 Å². The molecule has 1 aliphatic rings. The fraction of sp³-hybridized carbons (Fsp3) is 0.259. The first-order valence-corrected chi connectivity index (χ1v) is 12.0. The molecule has 4 aromatic rings. The maximum Gasteiger partial charge on any atom is 0.261 e. The molecule has 2 aromatic carbocycles. The summed E-state index contributed by atoms with van der Waals surface area (Å²) < 4.78 is 15.3. The molecule has 0 fully saturated rings. The zero-order chi connectivity index (χ0) is 27.0. The van der Waals surface area contributed by atoms with Crippen molar-refractivity contribution in [3.05, 3.63) is 93.6 Å². The van der Waals surface area contributed by atoms with Crippen LogP contribution >= 0.6 is 0 Å². The van der Waals surface area contributed by atoms with E-state index >= 15 is 4.39 Å². The molecule has 192 valence electrons. The first kappa shape index (κ1) is 25.0. The molecule has 0 saturated heterocycles. The third-order valence-corrected chi connectivity index (χ3v) is 6.68. The van der Waals surface area contributed by atoms with Crippen molar-refractivity contribution in [1.82, 2.24) is 25.1 Å². The van der Waals surface area contributed by atoms with Gasteiger partial charge in [-0.1, -0.05) is 12.1 Å². The van der Waals surface area contributed by atoms with Crippen LogP contribution in [0.1, 0.15) is 52.3 Å². The fourth-order valence-electron chi connectivity index (χ4n) is 4.61. The Hall–Kier alpha value is -4.69. The van der Waals surface area contributed by atoms with E-state index in [2.05, 4.69) is 30.0 Å². The largest absolute Gasteiger partial charge is 0.392 e. The summed E-state index contributed by atoms with van der Waals surface area (Å²) in [5, 5.41) is 17.0. The first-order chi connectivity index (χ1) is 18.2. The number of H-pyrrole nitrogens is 1. The minimum absolute atomic E-state index is 0.0194. The molecule has 3 heterocycles. The molecule has 11 heteroatoms. The summed E-state index contributed by atoms with van der Waals surface area (Å²) in [6.07, 6.45) is 4.15. The van der Waals surface area contributed by atoms with Crippen molar-refractivity contribution in [3.63, 3.8) is 0 Å². The monoisotopic (exact) mass is 512 g/mol. The molecule has 10 nitrogen and oxygen atoms in total. The number of nitrogen functional groups attached to an aromatic ring is 1. The highest BCUT2D eigenvalue weighted by Gasteiger charge is 2.34. The van der Waals surface area contributed by atoms with Gasteiger partial charge in [0.05, 0.1) is 24.1 Å². The van der Waals surface area contributed by atoms with Gasteiger partial charge in [0.2, 0.25) is 5.95 Å². The van der Waals surface area contributed by atoms with Crippen molar-refractivity contribution in [2.24, 2.45) is 0 Å². The summed E-state index contributed by atoms with van der Waals surface area (Å²) in [5.74, 6) is -0.486. The lowest BCUT2D eigenvalue weighted by atomic mass is 9.88. The number of fused-ring (bicyclic) bond motifs is 1. The van der Waals surface area contributed by atoms with Gasteiger partial charge in [0.15, 0.2) is 5.82 Å². The molecule has 0 unspecified atom stereocenters. The first-order valence-electron chi connectivity index (χ1n) is 12.0. The maximum atomic E-state index is 15.3. The second-order valence-electron chi connectivity index (χ2n) is 9.55. The van der Waals surface area contributed by atoms with Gasteiger partial charge in [-0.05, 0) is 35.7 Å². The number of nitrogens with two attached hydrogens (primary N) is 1. The van der Waals surface area contributed by atoms with Gasteiger partial charge in [-0.25, -0.2) is 15.9 Å². The van der Waals surface area contributed by atoms with E-state index in [1.165, 1.54) is 11.0 Å². The summed E-state index contributed by atoms with van der Waals surface area (Å²) in [7, 11) is 0. The highest BCUT2D eigenvalue weighted by Crippen LogP contribution is 2.36. The Morgan fingerprint density at radius 1 is 1.26 bits per heavy atom. The van der Waals surface area contributed by atoms with Crippen molar-refractivity contribution in [3.8, 4) is 11.4 Å². The number of anilines is 2. The van der Waals surface area contributed by atoms with Gasteiger partial charge in [0.1, 0.15) is 11.6 Å². The van der Waals surface area contributed by atoms with E-state index in [4.69, 9.17) is 12.3 Å². The number of rotatable bonds is 6. The number of amides is 1. The zero-order valence-electron chi connectivity index (χ0n) is 20.9. The summed E-state index contributed by atoms with van der Waals surface area (Å²) in [6, 6.07) is 8.15. The number of aliphatic hydroxyl groups is 1. The summed E-state index contributed by atoms with van der Waals surface area (Å²) in [4.78, 5) is 31.6. The molecule has 4 N–H and O–H groups in total. The number of aliphatic hydroxyl groups excluding tert-OH is 1. The molecular weight excluding hydrogens is 487 g/mol. The predicted molar refractivity (Wildman–Crippen MR) is 138 cm³/mol. The van der Waals surface area contributed by atoms with E-state index in [0.29, 0.717) is 46.6 Å².